The van der Waals surface area contributed by atoms with Crippen LogP contribution in [-0.4, -0.2) is 39.4 Å². The summed E-state index contributed by atoms with van der Waals surface area (Å²) < 4.78 is 10.8. The Balaban J connectivity index is 2.23. The van der Waals surface area contributed by atoms with Crippen molar-refractivity contribution in [1.82, 2.24) is 0 Å². The Morgan fingerprint density at radius 3 is 2.60 bits per heavy atom. The molecule has 0 atom stereocenters. The van der Waals surface area contributed by atoms with Gasteiger partial charge in [-0.1, -0.05) is 12.1 Å². The molecule has 0 fully saturated rings. The van der Waals surface area contributed by atoms with Gasteiger partial charge in [-0.3, -0.25) is 9.98 Å². The first kappa shape index (κ1) is 16.5. The lowest BCUT2D eigenvalue weighted by Crippen LogP contribution is -2.14. The van der Waals surface area contributed by atoms with Gasteiger partial charge in [0.15, 0.2) is 11.5 Å². The van der Waals surface area contributed by atoms with Crippen molar-refractivity contribution in [1.29, 1.82) is 5.26 Å². The SMILES string of the molecule is CN=C1CN=C(c2cccc(C#N)c2)c2cc(OC)c(OC)cc2N1. The molecule has 0 unspecified atom stereocenters. The number of amidine groups is 1. The molecule has 0 radical (unpaired) electrons. The largest absolute Gasteiger partial charge is 0.493 e. The van der Waals surface area contributed by atoms with Crippen molar-refractivity contribution in [3.63, 3.8) is 0 Å². The van der Waals surface area contributed by atoms with Crippen LogP contribution in [0.2, 0.25) is 0 Å². The maximum atomic E-state index is 9.18. The lowest BCUT2D eigenvalue weighted by atomic mass is 9.98. The Hall–Kier alpha value is -3.33. The molecule has 1 aliphatic heterocycles. The minimum absolute atomic E-state index is 0.419. The first-order chi connectivity index (χ1) is 12.2. The van der Waals surface area contributed by atoms with Crippen LogP contribution >= 0.6 is 0 Å². The third kappa shape index (κ3) is 3.17. The number of anilines is 1. The average molecular weight is 334 g/mol. The second-order valence-corrected chi connectivity index (χ2v) is 5.41. The number of ether oxygens (including phenoxy) is 2. The van der Waals surface area contributed by atoms with Crippen molar-refractivity contribution in [3.8, 4) is 17.6 Å². The summed E-state index contributed by atoms with van der Waals surface area (Å²) in [5.74, 6) is 1.99. The zero-order valence-corrected chi connectivity index (χ0v) is 14.3. The molecule has 0 saturated heterocycles. The standard InChI is InChI=1S/C19H18N4O2/c1-21-18-11-22-19(13-6-4-5-12(7-13)10-20)14-8-16(24-2)17(25-3)9-15(14)23-18/h4-9H,11H2,1-3H3,(H,21,23). The number of aliphatic imine (C=N–C) groups is 2. The zero-order valence-electron chi connectivity index (χ0n) is 14.3. The summed E-state index contributed by atoms with van der Waals surface area (Å²) in [7, 11) is 4.92. The van der Waals surface area contributed by atoms with Gasteiger partial charge in [-0.15, -0.1) is 0 Å². The molecule has 0 aliphatic carbocycles. The minimum atomic E-state index is 0.419. The molecular weight excluding hydrogens is 316 g/mol. The van der Waals surface area contributed by atoms with Crippen molar-refractivity contribution in [2.45, 2.75) is 0 Å². The molecule has 3 rings (SSSR count). The van der Waals surface area contributed by atoms with Gasteiger partial charge in [-0.05, 0) is 18.2 Å². The predicted octanol–water partition coefficient (Wildman–Crippen LogP) is 2.87. The molecule has 25 heavy (non-hydrogen) atoms. The van der Waals surface area contributed by atoms with Crippen molar-refractivity contribution in [3.05, 3.63) is 53.1 Å². The molecule has 2 aromatic rings. The van der Waals surface area contributed by atoms with Gasteiger partial charge in [-0.25, -0.2) is 0 Å². The van der Waals surface area contributed by atoms with Gasteiger partial charge in [0, 0.05) is 24.2 Å². The Morgan fingerprint density at radius 2 is 1.92 bits per heavy atom. The van der Waals surface area contributed by atoms with Crippen LogP contribution in [0.25, 0.3) is 0 Å². The van der Waals surface area contributed by atoms with Crippen molar-refractivity contribution in [2.75, 3.05) is 33.1 Å². The molecule has 1 heterocycles. The second kappa shape index (κ2) is 7.05. The molecule has 0 aromatic heterocycles. The van der Waals surface area contributed by atoms with Gasteiger partial charge < -0.3 is 14.8 Å². The summed E-state index contributed by atoms with van der Waals surface area (Å²) in [4.78, 5) is 8.95. The van der Waals surface area contributed by atoms with Crippen LogP contribution in [-0.2, 0) is 0 Å². The lowest BCUT2D eigenvalue weighted by molar-refractivity contribution is 0.355. The molecule has 0 amide bonds. The topological polar surface area (TPSA) is 79.0 Å². The van der Waals surface area contributed by atoms with E-state index in [0.29, 0.717) is 23.6 Å². The molecule has 126 valence electrons. The summed E-state index contributed by atoms with van der Waals surface area (Å²) in [6.45, 7) is 0.419. The molecule has 0 saturated carbocycles. The van der Waals surface area contributed by atoms with E-state index in [4.69, 9.17) is 14.5 Å². The van der Waals surface area contributed by atoms with Gasteiger partial charge in [0.2, 0.25) is 0 Å². The average Bonchev–Trinajstić information content (AvgIpc) is 2.85. The molecule has 6 heteroatoms. The smallest absolute Gasteiger partial charge is 0.162 e. The number of nitriles is 1. The van der Waals surface area contributed by atoms with Crippen LogP contribution in [0.1, 0.15) is 16.7 Å². The fourth-order valence-electron chi connectivity index (χ4n) is 2.72. The van der Waals surface area contributed by atoms with E-state index in [-0.39, 0.29) is 0 Å². The zero-order chi connectivity index (χ0) is 17.8. The number of hydrogen-bond donors (Lipinski definition) is 1. The van der Waals surface area contributed by atoms with Gasteiger partial charge in [0.1, 0.15) is 5.84 Å². The first-order valence-electron chi connectivity index (χ1n) is 7.74. The normalized spacial score (nSPS) is 14.6. The molecule has 2 aromatic carbocycles. The molecule has 0 spiro atoms. The predicted molar refractivity (Wildman–Crippen MR) is 98.2 cm³/mol. The summed E-state index contributed by atoms with van der Waals surface area (Å²) in [6.07, 6.45) is 0. The Morgan fingerprint density at radius 1 is 1.16 bits per heavy atom. The Labute approximate surface area is 146 Å². The van der Waals surface area contributed by atoms with E-state index in [1.807, 2.05) is 30.3 Å². The maximum absolute atomic E-state index is 9.18. The molecular formula is C19H18N4O2. The summed E-state index contributed by atoms with van der Waals surface area (Å²) in [5.41, 5.74) is 3.93. The molecule has 1 N–H and O–H groups in total. The summed E-state index contributed by atoms with van der Waals surface area (Å²) in [5, 5.41) is 12.5. The Kier molecular flexibility index (Phi) is 4.66. The highest BCUT2D eigenvalue weighted by atomic mass is 16.5. The van der Waals surface area contributed by atoms with E-state index in [0.717, 1.165) is 28.4 Å². The first-order valence-corrected chi connectivity index (χ1v) is 7.74. The Bertz CT molecular complexity index is 910. The van der Waals surface area contributed by atoms with E-state index in [9.17, 15) is 5.26 Å². The highest BCUT2D eigenvalue weighted by molar-refractivity contribution is 6.20. The fourth-order valence-corrected chi connectivity index (χ4v) is 2.72. The lowest BCUT2D eigenvalue weighted by Gasteiger charge is -2.15. The number of nitrogens with zero attached hydrogens (tertiary/aromatic N) is 3. The summed E-state index contributed by atoms with van der Waals surface area (Å²) >= 11 is 0. The number of methoxy groups -OCH3 is 2. The second-order valence-electron chi connectivity index (χ2n) is 5.41. The maximum Gasteiger partial charge on any atom is 0.162 e. The quantitative estimate of drug-likeness (QED) is 0.936. The van der Waals surface area contributed by atoms with Crippen LogP contribution in [0, 0.1) is 11.3 Å². The number of rotatable bonds is 3. The third-order valence-electron chi connectivity index (χ3n) is 3.98. The van der Waals surface area contributed by atoms with Crippen molar-refractivity contribution >= 4 is 17.2 Å². The van der Waals surface area contributed by atoms with Crippen LogP contribution in [0.4, 0.5) is 5.69 Å². The van der Waals surface area contributed by atoms with Crippen molar-refractivity contribution < 1.29 is 9.47 Å². The number of hydrogen-bond acceptors (Lipinski definition) is 5. The van der Waals surface area contributed by atoms with E-state index in [1.165, 1.54) is 0 Å². The van der Waals surface area contributed by atoms with E-state index >= 15 is 0 Å². The minimum Gasteiger partial charge on any atom is -0.493 e. The monoisotopic (exact) mass is 334 g/mol. The fraction of sp³-hybridized carbons (Fsp3) is 0.211. The van der Waals surface area contributed by atoms with Gasteiger partial charge in [-0.2, -0.15) is 5.26 Å². The van der Waals surface area contributed by atoms with Crippen molar-refractivity contribution in [2.24, 2.45) is 9.98 Å². The highest BCUT2D eigenvalue weighted by Crippen LogP contribution is 2.35. The van der Waals surface area contributed by atoms with Crippen LogP contribution in [0.3, 0.4) is 0 Å². The van der Waals surface area contributed by atoms with E-state index in [1.54, 1.807) is 27.3 Å². The number of fused-ring (bicyclic) bond motifs is 1. The number of benzene rings is 2. The van der Waals surface area contributed by atoms with Gasteiger partial charge in [0.25, 0.3) is 0 Å². The number of benzodiazepines with no additional fused rings is 1. The molecule has 1 aliphatic rings. The van der Waals surface area contributed by atoms with E-state index in [2.05, 4.69) is 16.4 Å². The highest BCUT2D eigenvalue weighted by Gasteiger charge is 2.20. The van der Waals surface area contributed by atoms with Crippen LogP contribution < -0.4 is 14.8 Å². The number of nitrogens with one attached hydrogen (secondary N) is 1. The van der Waals surface area contributed by atoms with Gasteiger partial charge in [0.05, 0.1) is 43.8 Å². The van der Waals surface area contributed by atoms with Crippen LogP contribution in [0.5, 0.6) is 11.5 Å². The third-order valence-corrected chi connectivity index (χ3v) is 3.98. The molecule has 0 bridgehead atoms. The van der Waals surface area contributed by atoms with Gasteiger partial charge >= 0.3 is 0 Å². The molecule has 6 nitrogen and oxygen atoms in total. The van der Waals surface area contributed by atoms with E-state index < -0.39 is 0 Å². The summed E-state index contributed by atoms with van der Waals surface area (Å²) in [6, 6.07) is 13.3. The van der Waals surface area contributed by atoms with Crippen LogP contribution in [0.15, 0.2) is 46.4 Å².